The molecule has 0 radical (unpaired) electrons. The third-order valence-electron chi connectivity index (χ3n) is 12.5. The summed E-state index contributed by atoms with van der Waals surface area (Å²) in [6.07, 6.45) is 2.52. The number of nitrogens with one attached hydrogen (secondary N) is 2. The number of aromatic nitrogens is 1. The van der Waals surface area contributed by atoms with Gasteiger partial charge in [-0.25, -0.2) is 0 Å². The summed E-state index contributed by atoms with van der Waals surface area (Å²) < 4.78 is 18.7. The Morgan fingerprint density at radius 1 is 0.773 bits per heavy atom. The van der Waals surface area contributed by atoms with Gasteiger partial charge in [0, 0.05) is 73.2 Å². The molecule has 7 rings (SSSR count). The molecule has 0 aliphatic carbocycles. The van der Waals surface area contributed by atoms with E-state index in [0.29, 0.717) is 54.6 Å². The van der Waals surface area contributed by atoms with Crippen LogP contribution in [0.15, 0.2) is 120 Å². The molecule has 344 valence electrons. The highest BCUT2D eigenvalue weighted by Crippen LogP contribution is 2.38. The van der Waals surface area contributed by atoms with Gasteiger partial charge in [0.2, 0.25) is 0 Å². The molecule has 1 fully saturated rings. The Morgan fingerprint density at radius 2 is 1.41 bits per heavy atom. The highest BCUT2D eigenvalue weighted by atomic mass is 16.5. The number of anilines is 2. The summed E-state index contributed by atoms with van der Waals surface area (Å²) in [4.78, 5) is 49.1. The number of ether oxygens (including phenoxy) is 3. The summed E-state index contributed by atoms with van der Waals surface area (Å²) in [5, 5.41) is 3.06. The predicted molar refractivity (Wildman–Crippen MR) is 265 cm³/mol. The first-order valence-corrected chi connectivity index (χ1v) is 23.4. The standard InChI is InChI=1S/C56H64N4O6/c1-8-26-60(56(63)49-32-47(37(3)4)52(65-35-41-16-12-10-13-17-41)33-53(49)66-36-42-18-14-11-15-19-42)45-22-20-43(21-23-45)44-30-48(54(61)57-34-50-38(5)29-39(6)58-55(50)62)40(7)51(31-44)59(9-2)46-24-27-64-28-25-46/h10-23,29-33,37,46H,8-9,24-28,34-36H2,1-7H3,(H,57,61)(H,58,62). The molecule has 0 spiro atoms. The van der Waals surface area contributed by atoms with E-state index in [9.17, 15) is 14.4 Å². The molecular formula is C56H64N4O6. The molecule has 0 bridgehead atoms. The van der Waals surface area contributed by atoms with Crippen LogP contribution in [0.4, 0.5) is 11.4 Å². The van der Waals surface area contributed by atoms with E-state index >= 15 is 0 Å². The van der Waals surface area contributed by atoms with Gasteiger partial charge in [-0.15, -0.1) is 0 Å². The van der Waals surface area contributed by atoms with E-state index in [2.05, 4.69) is 49.0 Å². The molecule has 1 aromatic heterocycles. The highest BCUT2D eigenvalue weighted by molar-refractivity contribution is 6.08. The largest absolute Gasteiger partial charge is 0.488 e. The number of benzene rings is 5. The molecule has 1 aliphatic heterocycles. The molecule has 0 atom stereocenters. The molecular weight excluding hydrogens is 825 g/mol. The number of H-pyrrole nitrogens is 1. The Balaban J connectivity index is 1.23. The Kier molecular flexibility index (Phi) is 15.8. The first-order chi connectivity index (χ1) is 31.9. The van der Waals surface area contributed by atoms with E-state index in [0.717, 1.165) is 81.8 Å². The van der Waals surface area contributed by atoms with Crippen LogP contribution in [0.3, 0.4) is 0 Å². The second-order valence-electron chi connectivity index (χ2n) is 17.5. The van der Waals surface area contributed by atoms with Gasteiger partial charge in [0.15, 0.2) is 0 Å². The van der Waals surface area contributed by atoms with Crippen LogP contribution < -0.4 is 30.1 Å². The van der Waals surface area contributed by atoms with Gasteiger partial charge < -0.3 is 34.3 Å². The van der Waals surface area contributed by atoms with Crippen LogP contribution in [-0.2, 0) is 24.5 Å². The smallest absolute Gasteiger partial charge is 0.262 e. The molecule has 2 amide bonds. The van der Waals surface area contributed by atoms with Crippen molar-refractivity contribution >= 4 is 23.2 Å². The molecule has 2 N–H and O–H groups in total. The molecule has 1 saturated heterocycles. The van der Waals surface area contributed by atoms with Crippen LogP contribution in [0, 0.1) is 20.8 Å². The van der Waals surface area contributed by atoms with E-state index in [1.54, 1.807) is 0 Å². The number of carbonyl (C=O) groups is 2. The first kappa shape index (κ1) is 47.3. The Bertz CT molecular complexity index is 2650. The van der Waals surface area contributed by atoms with Crippen molar-refractivity contribution in [2.75, 3.05) is 36.1 Å². The average Bonchev–Trinajstić information content (AvgIpc) is 3.33. The van der Waals surface area contributed by atoms with Crippen LogP contribution in [-0.4, -0.2) is 49.1 Å². The minimum Gasteiger partial charge on any atom is -0.488 e. The summed E-state index contributed by atoms with van der Waals surface area (Å²) in [6.45, 7) is 17.6. The van der Waals surface area contributed by atoms with Crippen LogP contribution in [0.5, 0.6) is 11.5 Å². The fraction of sp³-hybridized carbons (Fsp3) is 0.339. The number of aryl methyl sites for hydroxylation is 2. The second kappa shape index (κ2) is 22.0. The zero-order valence-corrected chi connectivity index (χ0v) is 39.5. The third kappa shape index (κ3) is 11.2. The van der Waals surface area contributed by atoms with Gasteiger partial charge in [-0.1, -0.05) is 93.6 Å². The maximum Gasteiger partial charge on any atom is 0.262 e. The molecule has 10 heteroatoms. The van der Waals surface area contributed by atoms with Gasteiger partial charge in [-0.05, 0) is 128 Å². The van der Waals surface area contributed by atoms with E-state index in [4.69, 9.17) is 14.2 Å². The number of hydrogen-bond donors (Lipinski definition) is 2. The zero-order valence-electron chi connectivity index (χ0n) is 39.5. The van der Waals surface area contributed by atoms with E-state index < -0.39 is 0 Å². The maximum atomic E-state index is 15.0. The minimum absolute atomic E-state index is 0.0697. The van der Waals surface area contributed by atoms with Crippen molar-refractivity contribution in [3.05, 3.63) is 176 Å². The van der Waals surface area contributed by atoms with Crippen molar-refractivity contribution in [3.8, 4) is 22.6 Å². The number of aromatic amines is 1. The SMILES string of the molecule is CCCN(C(=O)c1cc(C(C)C)c(OCc2ccccc2)cc1OCc1ccccc1)c1ccc(-c2cc(C(=O)NCc3c(C)cc(C)[nH]c3=O)c(C)c(N(CC)C3CCOCC3)c2)cc1. The van der Waals surface area contributed by atoms with Crippen LogP contribution >= 0.6 is 0 Å². The van der Waals surface area contributed by atoms with E-state index in [-0.39, 0.29) is 42.5 Å². The fourth-order valence-corrected chi connectivity index (χ4v) is 8.85. The summed E-state index contributed by atoms with van der Waals surface area (Å²) >= 11 is 0. The summed E-state index contributed by atoms with van der Waals surface area (Å²) in [6, 6.07) is 38.1. The van der Waals surface area contributed by atoms with Gasteiger partial charge in [0.1, 0.15) is 24.7 Å². The monoisotopic (exact) mass is 888 g/mol. The number of nitrogens with zero attached hydrogens (tertiary/aromatic N) is 2. The number of rotatable bonds is 18. The lowest BCUT2D eigenvalue weighted by Gasteiger charge is -2.37. The first-order valence-electron chi connectivity index (χ1n) is 23.4. The van der Waals surface area contributed by atoms with E-state index in [1.165, 1.54) is 0 Å². The zero-order chi connectivity index (χ0) is 46.7. The fourth-order valence-electron chi connectivity index (χ4n) is 8.85. The van der Waals surface area contributed by atoms with E-state index in [1.807, 2.05) is 135 Å². The van der Waals surface area contributed by atoms with Gasteiger partial charge in [0.05, 0.1) is 5.56 Å². The van der Waals surface area contributed by atoms with Crippen molar-refractivity contribution in [2.24, 2.45) is 0 Å². The Morgan fingerprint density at radius 3 is 2.00 bits per heavy atom. The third-order valence-corrected chi connectivity index (χ3v) is 12.5. The Hall–Kier alpha value is -6.65. The molecule has 0 saturated carbocycles. The van der Waals surface area contributed by atoms with Crippen LogP contribution in [0.2, 0.25) is 0 Å². The number of hydrogen-bond acceptors (Lipinski definition) is 7. The summed E-state index contributed by atoms with van der Waals surface area (Å²) in [7, 11) is 0. The van der Waals surface area contributed by atoms with Gasteiger partial charge in [0.25, 0.3) is 17.4 Å². The lowest BCUT2D eigenvalue weighted by atomic mass is 9.95. The van der Waals surface area contributed by atoms with Gasteiger partial charge >= 0.3 is 0 Å². The Labute approximate surface area is 389 Å². The van der Waals surface area contributed by atoms with Crippen LogP contribution in [0.25, 0.3) is 11.1 Å². The topological polar surface area (TPSA) is 113 Å². The summed E-state index contributed by atoms with van der Waals surface area (Å²) in [5.74, 6) is 0.789. The molecule has 6 aromatic rings. The number of carbonyl (C=O) groups excluding carboxylic acids is 2. The number of amides is 2. The average molecular weight is 889 g/mol. The molecule has 66 heavy (non-hydrogen) atoms. The normalized spacial score (nSPS) is 12.8. The van der Waals surface area contributed by atoms with Crippen molar-refractivity contribution < 1.29 is 23.8 Å². The second-order valence-corrected chi connectivity index (χ2v) is 17.5. The summed E-state index contributed by atoms with van der Waals surface area (Å²) in [5.41, 5.74) is 10.3. The van der Waals surface area contributed by atoms with Gasteiger partial charge in [-0.2, -0.15) is 0 Å². The molecule has 10 nitrogen and oxygen atoms in total. The predicted octanol–water partition coefficient (Wildman–Crippen LogP) is 11.2. The number of pyridine rings is 1. The molecule has 5 aromatic carbocycles. The molecule has 1 aliphatic rings. The molecule has 2 heterocycles. The lowest BCUT2D eigenvalue weighted by Crippen LogP contribution is -2.40. The highest BCUT2D eigenvalue weighted by Gasteiger charge is 2.27. The quantitative estimate of drug-likeness (QED) is 0.0883. The van der Waals surface area contributed by atoms with Crippen molar-refractivity contribution in [3.63, 3.8) is 0 Å². The van der Waals surface area contributed by atoms with Crippen LogP contribution in [0.1, 0.15) is 113 Å². The van der Waals surface area contributed by atoms with Crippen molar-refractivity contribution in [1.29, 1.82) is 0 Å². The molecule has 0 unspecified atom stereocenters. The maximum absolute atomic E-state index is 15.0. The van der Waals surface area contributed by atoms with Crippen molar-refractivity contribution in [2.45, 2.75) is 99.4 Å². The van der Waals surface area contributed by atoms with Gasteiger partial charge in [-0.3, -0.25) is 14.4 Å². The lowest BCUT2D eigenvalue weighted by molar-refractivity contribution is 0.0845. The minimum atomic E-state index is -0.253. The van der Waals surface area contributed by atoms with Crippen molar-refractivity contribution in [1.82, 2.24) is 10.3 Å².